The van der Waals surface area contributed by atoms with Gasteiger partial charge in [-0.15, -0.1) is 0 Å². The minimum Gasteiger partial charge on any atom is -0.383 e. The number of anilines is 1. The highest BCUT2D eigenvalue weighted by Gasteiger charge is 2.22. The van der Waals surface area contributed by atoms with E-state index >= 15 is 0 Å². The molecule has 2 heterocycles. The van der Waals surface area contributed by atoms with Crippen LogP contribution < -0.4 is 10.6 Å². The molecule has 2 amide bonds. The van der Waals surface area contributed by atoms with Crippen LogP contribution in [0.3, 0.4) is 0 Å². The van der Waals surface area contributed by atoms with Crippen LogP contribution in [0.25, 0.3) is 10.8 Å². The molecule has 0 saturated carbocycles. The van der Waals surface area contributed by atoms with Crippen molar-refractivity contribution in [3.05, 3.63) is 36.7 Å². The lowest BCUT2D eigenvalue weighted by Crippen LogP contribution is -2.34. The van der Waals surface area contributed by atoms with Crippen molar-refractivity contribution in [2.75, 3.05) is 45.2 Å². The lowest BCUT2D eigenvalue weighted by molar-refractivity contribution is 0.159. The zero-order valence-electron chi connectivity index (χ0n) is 14.0. The Hall–Kier alpha value is -2.18. The van der Waals surface area contributed by atoms with Gasteiger partial charge in [-0.2, -0.15) is 0 Å². The first-order valence-corrected chi connectivity index (χ1v) is 8.35. The molecule has 1 aromatic heterocycles. The number of nitrogens with zero attached hydrogens (tertiary/aromatic N) is 2. The number of nitrogens with one attached hydrogen (secondary N) is 2. The summed E-state index contributed by atoms with van der Waals surface area (Å²) in [6, 6.07) is 7.57. The maximum absolute atomic E-state index is 12.2. The lowest BCUT2D eigenvalue weighted by Gasteiger charge is -2.16. The van der Waals surface area contributed by atoms with Gasteiger partial charge in [0.2, 0.25) is 0 Å². The quantitative estimate of drug-likeness (QED) is 0.854. The molecule has 128 valence electrons. The molecule has 1 fully saturated rings. The first-order valence-electron chi connectivity index (χ1n) is 8.35. The van der Waals surface area contributed by atoms with E-state index in [1.807, 2.05) is 24.3 Å². The standard InChI is InChI=1S/C18H24N4O2/c1-24-10-9-22-8-6-14(13-22)11-20-18(23)21-17-4-2-3-15-12-19-7-5-16(15)17/h2-5,7,12,14H,6,8-11,13H2,1H3,(H2,20,21,23)/t14-/m1/s1. The molecular weight excluding hydrogens is 304 g/mol. The summed E-state index contributed by atoms with van der Waals surface area (Å²) in [5.41, 5.74) is 0.806. The van der Waals surface area contributed by atoms with E-state index in [1.165, 1.54) is 0 Å². The summed E-state index contributed by atoms with van der Waals surface area (Å²) in [5.74, 6) is 0.504. The molecule has 0 unspecified atom stereocenters. The molecular formula is C18H24N4O2. The van der Waals surface area contributed by atoms with E-state index in [2.05, 4.69) is 20.5 Å². The van der Waals surface area contributed by atoms with E-state index in [1.54, 1.807) is 19.5 Å². The molecule has 0 spiro atoms. The molecule has 6 nitrogen and oxygen atoms in total. The number of benzene rings is 1. The summed E-state index contributed by atoms with van der Waals surface area (Å²) in [6.45, 7) is 4.51. The third-order valence-electron chi connectivity index (χ3n) is 4.46. The van der Waals surface area contributed by atoms with E-state index < -0.39 is 0 Å². The predicted octanol–water partition coefficient (Wildman–Crippen LogP) is 2.32. The van der Waals surface area contributed by atoms with Crippen molar-refractivity contribution in [3.8, 4) is 0 Å². The Bertz CT molecular complexity index is 686. The number of amides is 2. The van der Waals surface area contributed by atoms with Gasteiger partial charge >= 0.3 is 6.03 Å². The Morgan fingerprint density at radius 1 is 1.42 bits per heavy atom. The fourth-order valence-corrected chi connectivity index (χ4v) is 3.14. The minimum atomic E-state index is -0.158. The number of aromatic nitrogens is 1. The molecule has 1 aliphatic heterocycles. The number of ether oxygens (including phenoxy) is 1. The molecule has 1 aliphatic rings. The Kier molecular flexibility index (Phi) is 5.61. The number of hydrogen-bond donors (Lipinski definition) is 2. The third kappa shape index (κ3) is 4.21. The second kappa shape index (κ2) is 8.08. The van der Waals surface area contributed by atoms with Gasteiger partial charge < -0.3 is 20.3 Å². The molecule has 1 aromatic carbocycles. The molecule has 24 heavy (non-hydrogen) atoms. The average Bonchev–Trinajstić information content (AvgIpc) is 3.06. The van der Waals surface area contributed by atoms with E-state index in [0.29, 0.717) is 12.5 Å². The highest BCUT2D eigenvalue weighted by molar-refractivity contribution is 6.01. The second-order valence-electron chi connectivity index (χ2n) is 6.19. The predicted molar refractivity (Wildman–Crippen MR) is 95.2 cm³/mol. The molecule has 6 heteroatoms. The number of carbonyl (C=O) groups excluding carboxylic acids is 1. The summed E-state index contributed by atoms with van der Waals surface area (Å²) in [7, 11) is 1.72. The molecule has 1 saturated heterocycles. The summed E-state index contributed by atoms with van der Waals surface area (Å²) in [4.78, 5) is 18.7. The van der Waals surface area contributed by atoms with Crippen molar-refractivity contribution in [3.63, 3.8) is 0 Å². The topological polar surface area (TPSA) is 66.5 Å². The first kappa shape index (κ1) is 16.7. The van der Waals surface area contributed by atoms with Crippen LogP contribution in [0, 0.1) is 5.92 Å². The van der Waals surface area contributed by atoms with Crippen LogP contribution in [0.1, 0.15) is 6.42 Å². The number of pyridine rings is 1. The van der Waals surface area contributed by atoms with Crippen molar-refractivity contribution in [2.45, 2.75) is 6.42 Å². The van der Waals surface area contributed by atoms with E-state index in [-0.39, 0.29) is 6.03 Å². The monoisotopic (exact) mass is 328 g/mol. The van der Waals surface area contributed by atoms with Crippen molar-refractivity contribution in [1.29, 1.82) is 0 Å². The normalized spacial score (nSPS) is 18.0. The van der Waals surface area contributed by atoms with Gasteiger partial charge in [-0.05, 0) is 31.0 Å². The average molecular weight is 328 g/mol. The van der Waals surface area contributed by atoms with Gasteiger partial charge in [0, 0.05) is 49.9 Å². The molecule has 2 aromatic rings. The molecule has 1 atom stereocenters. The summed E-state index contributed by atoms with van der Waals surface area (Å²) < 4.78 is 5.11. The first-order chi connectivity index (χ1) is 11.8. The Balaban J connectivity index is 1.49. The fourth-order valence-electron chi connectivity index (χ4n) is 3.14. The lowest BCUT2D eigenvalue weighted by atomic mass is 10.1. The SMILES string of the molecule is COCCN1CC[C@H](CNC(=O)Nc2cccc3cnccc23)C1. The van der Waals surface area contributed by atoms with Gasteiger partial charge in [-0.25, -0.2) is 4.79 Å². The van der Waals surface area contributed by atoms with Gasteiger partial charge in [0.25, 0.3) is 0 Å². The second-order valence-corrected chi connectivity index (χ2v) is 6.19. The van der Waals surface area contributed by atoms with Gasteiger partial charge in [-0.3, -0.25) is 4.98 Å². The molecule has 2 N–H and O–H groups in total. The minimum absolute atomic E-state index is 0.158. The molecule has 0 bridgehead atoms. The van der Waals surface area contributed by atoms with Gasteiger partial charge in [-0.1, -0.05) is 12.1 Å². The van der Waals surface area contributed by atoms with E-state index in [9.17, 15) is 4.79 Å². The smallest absolute Gasteiger partial charge is 0.319 e. The largest absolute Gasteiger partial charge is 0.383 e. The van der Waals surface area contributed by atoms with Crippen LogP contribution in [0.2, 0.25) is 0 Å². The third-order valence-corrected chi connectivity index (χ3v) is 4.46. The van der Waals surface area contributed by atoms with Crippen molar-refractivity contribution in [2.24, 2.45) is 5.92 Å². The molecule has 0 radical (unpaired) electrons. The van der Waals surface area contributed by atoms with Crippen LogP contribution in [0.5, 0.6) is 0 Å². The maximum Gasteiger partial charge on any atom is 0.319 e. The fraction of sp³-hybridized carbons (Fsp3) is 0.444. The molecule has 3 rings (SSSR count). The van der Waals surface area contributed by atoms with E-state index in [0.717, 1.165) is 49.1 Å². The van der Waals surface area contributed by atoms with Crippen molar-refractivity contribution < 1.29 is 9.53 Å². The Morgan fingerprint density at radius 2 is 2.33 bits per heavy atom. The number of urea groups is 1. The highest BCUT2D eigenvalue weighted by Crippen LogP contribution is 2.22. The highest BCUT2D eigenvalue weighted by atomic mass is 16.5. The van der Waals surface area contributed by atoms with Crippen LogP contribution in [-0.2, 0) is 4.74 Å². The van der Waals surface area contributed by atoms with Crippen molar-refractivity contribution in [1.82, 2.24) is 15.2 Å². The zero-order valence-corrected chi connectivity index (χ0v) is 14.0. The van der Waals surface area contributed by atoms with Gasteiger partial charge in [0.15, 0.2) is 0 Å². The summed E-state index contributed by atoms with van der Waals surface area (Å²) in [6.07, 6.45) is 4.65. The van der Waals surface area contributed by atoms with Crippen molar-refractivity contribution >= 4 is 22.5 Å². The Labute approximate surface area is 142 Å². The summed E-state index contributed by atoms with van der Waals surface area (Å²) in [5, 5.41) is 7.94. The van der Waals surface area contributed by atoms with Crippen LogP contribution in [0.15, 0.2) is 36.7 Å². The maximum atomic E-state index is 12.2. The number of hydrogen-bond acceptors (Lipinski definition) is 4. The van der Waals surface area contributed by atoms with Crippen LogP contribution in [0.4, 0.5) is 10.5 Å². The number of fused-ring (bicyclic) bond motifs is 1. The number of methoxy groups -OCH3 is 1. The molecule has 0 aliphatic carbocycles. The van der Waals surface area contributed by atoms with Crippen LogP contribution in [-0.4, -0.2) is 55.8 Å². The van der Waals surface area contributed by atoms with E-state index in [4.69, 9.17) is 4.74 Å². The zero-order chi connectivity index (χ0) is 16.8. The Morgan fingerprint density at radius 3 is 3.21 bits per heavy atom. The number of likely N-dealkylation sites (tertiary alicyclic amines) is 1. The summed E-state index contributed by atoms with van der Waals surface area (Å²) >= 11 is 0. The van der Waals surface area contributed by atoms with Gasteiger partial charge in [0.05, 0.1) is 12.3 Å². The van der Waals surface area contributed by atoms with Gasteiger partial charge in [0.1, 0.15) is 0 Å². The van der Waals surface area contributed by atoms with Crippen LogP contribution >= 0.6 is 0 Å². The number of rotatable bonds is 6. The number of carbonyl (C=O) groups is 1.